The summed E-state index contributed by atoms with van der Waals surface area (Å²) in [4.78, 5) is 11.6. The second kappa shape index (κ2) is 10.3. The van der Waals surface area contributed by atoms with Crippen molar-refractivity contribution in [2.75, 3.05) is 0 Å². The number of carbonyl (C=O) groups is 1. The van der Waals surface area contributed by atoms with Gasteiger partial charge in [0.05, 0.1) is 0 Å². The van der Waals surface area contributed by atoms with Gasteiger partial charge < -0.3 is 7.96 Å². The molecule has 0 aliphatic heterocycles. The van der Waals surface area contributed by atoms with Gasteiger partial charge in [0.1, 0.15) is 0 Å². The molecule has 0 aliphatic rings. The first-order valence-electron chi connectivity index (χ1n) is 0.814. The maximum atomic E-state index is 8.90. The summed E-state index contributed by atoms with van der Waals surface area (Å²) in [5.74, 6) is 0. The average molecular weight is 126 g/mol. The van der Waals surface area contributed by atoms with Gasteiger partial charge in [-0.1, -0.05) is 0 Å². The Morgan fingerprint density at radius 3 is 1.71 bits per heavy atom. The van der Waals surface area contributed by atoms with Gasteiger partial charge in [0.2, 0.25) is 0 Å². The van der Waals surface area contributed by atoms with Crippen LogP contribution in [-0.4, -0.2) is 16.5 Å². The van der Waals surface area contributed by atoms with Crippen LogP contribution < -0.4 is 59.1 Å². The van der Waals surface area contributed by atoms with Crippen molar-refractivity contribution < 1.29 is 82.0 Å². The summed E-state index contributed by atoms with van der Waals surface area (Å²) in [6.07, 6.45) is -1.69. The standard InChI is InChI=1S/CH2O4.2Na.2H/c2-1(3)5-4;;;;/h4H,(H,2,3);;;;/q;2*+1;2*-1. The van der Waals surface area contributed by atoms with E-state index in [2.05, 4.69) is 4.89 Å². The molecule has 0 aromatic rings. The maximum Gasteiger partial charge on any atom is 1.00 e. The minimum Gasteiger partial charge on any atom is -1.00 e. The second-order valence-corrected chi connectivity index (χ2v) is 0.357. The van der Waals surface area contributed by atoms with Crippen molar-refractivity contribution in [1.82, 2.24) is 0 Å². The van der Waals surface area contributed by atoms with E-state index in [4.69, 9.17) is 15.2 Å². The van der Waals surface area contributed by atoms with Crippen molar-refractivity contribution in [1.29, 1.82) is 0 Å². The van der Waals surface area contributed by atoms with E-state index in [9.17, 15) is 0 Å². The molecule has 0 fully saturated rings. The zero-order valence-corrected chi connectivity index (χ0v) is 8.21. The molecule has 34 valence electrons. The van der Waals surface area contributed by atoms with Gasteiger partial charge in [-0.25, -0.2) is 4.79 Å². The Labute approximate surface area is 87.3 Å². The quantitative estimate of drug-likeness (QED) is 0.193. The van der Waals surface area contributed by atoms with E-state index in [0.717, 1.165) is 0 Å². The van der Waals surface area contributed by atoms with Crippen LogP contribution in [-0.2, 0) is 4.89 Å². The van der Waals surface area contributed by atoms with Crippen molar-refractivity contribution in [3.63, 3.8) is 0 Å². The van der Waals surface area contributed by atoms with E-state index in [-0.39, 0.29) is 62.0 Å². The van der Waals surface area contributed by atoms with E-state index in [1.165, 1.54) is 0 Å². The molecule has 7 heavy (non-hydrogen) atoms. The molecule has 0 saturated heterocycles. The largest absolute Gasteiger partial charge is 1.00 e. The van der Waals surface area contributed by atoms with Crippen molar-refractivity contribution >= 4 is 6.16 Å². The number of hydrogen-bond donors (Lipinski definition) is 2. The van der Waals surface area contributed by atoms with Crippen LogP contribution in [0.2, 0.25) is 0 Å². The average Bonchev–Trinajstić information content (AvgIpc) is 1.38. The molecular weight excluding hydrogens is 122 g/mol. The van der Waals surface area contributed by atoms with E-state index in [1.54, 1.807) is 0 Å². The number of rotatable bonds is 0. The third kappa shape index (κ3) is 19.0. The van der Waals surface area contributed by atoms with Crippen molar-refractivity contribution in [3.8, 4) is 0 Å². The van der Waals surface area contributed by atoms with Gasteiger partial charge in [0.15, 0.2) is 0 Å². The Morgan fingerprint density at radius 2 is 1.71 bits per heavy atom. The summed E-state index contributed by atoms with van der Waals surface area (Å²) in [7, 11) is 0. The summed E-state index contributed by atoms with van der Waals surface area (Å²) < 4.78 is 0. The van der Waals surface area contributed by atoms with Gasteiger partial charge in [-0.15, -0.1) is 0 Å². The number of carboxylic acid groups (broad SMARTS) is 1. The molecular formula is CH4Na2O4. The summed E-state index contributed by atoms with van der Waals surface area (Å²) in [5, 5.41) is 14.3. The molecule has 0 aliphatic carbocycles. The summed E-state index contributed by atoms with van der Waals surface area (Å²) in [6, 6.07) is 0. The molecule has 0 bridgehead atoms. The van der Waals surface area contributed by atoms with E-state index in [1.807, 2.05) is 0 Å². The summed E-state index contributed by atoms with van der Waals surface area (Å²) in [6.45, 7) is 0. The number of hydrogen-bond acceptors (Lipinski definition) is 3. The van der Waals surface area contributed by atoms with Crippen LogP contribution >= 0.6 is 0 Å². The van der Waals surface area contributed by atoms with Crippen molar-refractivity contribution in [3.05, 3.63) is 0 Å². The van der Waals surface area contributed by atoms with E-state index in [0.29, 0.717) is 0 Å². The van der Waals surface area contributed by atoms with Crippen LogP contribution in [0, 0.1) is 0 Å². The molecule has 0 heterocycles. The Balaban J connectivity index is -0.0000000133. The Hall–Kier alpha value is 1.23. The third-order valence-electron chi connectivity index (χ3n) is 0.0781. The molecule has 0 atom stereocenters. The molecule has 0 spiro atoms. The monoisotopic (exact) mass is 126 g/mol. The minimum absolute atomic E-state index is 0. The van der Waals surface area contributed by atoms with E-state index < -0.39 is 6.16 Å². The smallest absolute Gasteiger partial charge is 1.00 e. The summed E-state index contributed by atoms with van der Waals surface area (Å²) >= 11 is 0. The summed E-state index contributed by atoms with van der Waals surface area (Å²) in [5.41, 5.74) is 0. The fourth-order valence-corrected chi connectivity index (χ4v) is 0. The van der Waals surface area contributed by atoms with Gasteiger partial charge in [-0.2, -0.15) is 5.26 Å². The van der Waals surface area contributed by atoms with Crippen molar-refractivity contribution in [2.24, 2.45) is 0 Å². The van der Waals surface area contributed by atoms with Gasteiger partial charge in [-0.05, 0) is 0 Å². The van der Waals surface area contributed by atoms with Crippen LogP contribution in [0.5, 0.6) is 0 Å². The molecule has 0 aromatic carbocycles. The maximum absolute atomic E-state index is 8.90. The first-order valence-corrected chi connectivity index (χ1v) is 0.814. The molecule has 2 N–H and O–H groups in total. The fourth-order valence-electron chi connectivity index (χ4n) is 0. The van der Waals surface area contributed by atoms with Gasteiger partial charge in [-0.3, -0.25) is 4.89 Å². The molecule has 4 nitrogen and oxygen atoms in total. The molecule has 0 radical (unpaired) electrons. The molecule has 0 saturated carbocycles. The predicted molar refractivity (Wildman–Crippen MR) is 14.0 cm³/mol. The first-order chi connectivity index (χ1) is 2.27. The predicted octanol–water partition coefficient (Wildman–Crippen LogP) is -5.61. The molecule has 0 aromatic heterocycles. The van der Waals surface area contributed by atoms with Crippen LogP contribution in [0.1, 0.15) is 2.85 Å². The van der Waals surface area contributed by atoms with Gasteiger partial charge in [0, 0.05) is 0 Å². The zero-order valence-electron chi connectivity index (χ0n) is 6.21. The third-order valence-corrected chi connectivity index (χ3v) is 0.0781. The normalized spacial score (nSPS) is 4.71. The molecule has 0 rings (SSSR count). The van der Waals surface area contributed by atoms with Gasteiger partial charge in [0.25, 0.3) is 0 Å². The van der Waals surface area contributed by atoms with Crippen LogP contribution in [0.3, 0.4) is 0 Å². The fraction of sp³-hybridized carbons (Fsp3) is 0. The van der Waals surface area contributed by atoms with Crippen LogP contribution in [0.15, 0.2) is 0 Å². The van der Waals surface area contributed by atoms with E-state index >= 15 is 0 Å². The van der Waals surface area contributed by atoms with Crippen molar-refractivity contribution in [2.45, 2.75) is 0 Å². The Bertz CT molecular complexity index is 51.8. The van der Waals surface area contributed by atoms with Gasteiger partial charge >= 0.3 is 65.3 Å². The molecule has 0 amide bonds. The SMILES string of the molecule is O=C(O)OO.[H-].[H-].[Na+].[Na+]. The minimum atomic E-state index is -1.69. The topological polar surface area (TPSA) is 66.8 Å². The Kier molecular flexibility index (Phi) is 23.1. The van der Waals surface area contributed by atoms with Crippen LogP contribution in [0.4, 0.5) is 4.79 Å². The Morgan fingerprint density at radius 1 is 1.57 bits per heavy atom. The van der Waals surface area contributed by atoms with Crippen LogP contribution in [0.25, 0.3) is 0 Å². The zero-order chi connectivity index (χ0) is 4.28. The first kappa shape index (κ1) is 15.7. The molecule has 0 unspecified atom stereocenters. The second-order valence-electron chi connectivity index (χ2n) is 0.357. The molecule has 6 heteroatoms.